The lowest BCUT2D eigenvalue weighted by atomic mass is 10.1. The normalized spacial score (nSPS) is 11.2. The van der Waals surface area contributed by atoms with Gasteiger partial charge in [-0.25, -0.2) is 0 Å². The Bertz CT molecular complexity index is 669. The van der Waals surface area contributed by atoms with Crippen LogP contribution in [0.5, 0.6) is 0 Å². The van der Waals surface area contributed by atoms with Crippen LogP contribution in [0.3, 0.4) is 0 Å². The molecule has 0 atom stereocenters. The molecule has 0 aromatic heterocycles. The quantitative estimate of drug-likeness (QED) is 0.557. The van der Waals surface area contributed by atoms with Gasteiger partial charge in [0.15, 0.2) is 0 Å². The molecule has 0 amide bonds. The first-order valence-corrected chi connectivity index (χ1v) is 7.30. The van der Waals surface area contributed by atoms with Gasteiger partial charge < -0.3 is 11.1 Å². The minimum atomic E-state index is -4.43. The maximum Gasteiger partial charge on any atom is 0.416 e. The predicted molar refractivity (Wildman–Crippen MR) is 89.8 cm³/mol. The van der Waals surface area contributed by atoms with E-state index in [0.29, 0.717) is 5.69 Å². The maximum absolute atomic E-state index is 12.7. The number of thiocarbonyl (C=S) groups is 1. The largest absolute Gasteiger partial charge is 0.416 e. The summed E-state index contributed by atoms with van der Waals surface area (Å²) in [6, 6.07) is 10.7. The van der Waals surface area contributed by atoms with E-state index in [1.165, 1.54) is 6.07 Å². The molecule has 0 heterocycles. The molecule has 0 fully saturated rings. The molecule has 3 N–H and O–H groups in total. The van der Waals surface area contributed by atoms with Gasteiger partial charge in [-0.3, -0.25) is 0 Å². The van der Waals surface area contributed by atoms with E-state index in [-0.39, 0.29) is 10.6 Å². The highest BCUT2D eigenvalue weighted by Gasteiger charge is 2.31. The maximum atomic E-state index is 12.7. The molecule has 2 aromatic carbocycles. The van der Waals surface area contributed by atoms with E-state index in [4.69, 9.17) is 18.0 Å². The van der Waals surface area contributed by atoms with Crippen LogP contribution in [0.2, 0.25) is 0 Å². The molecule has 0 bridgehead atoms. The fourth-order valence-corrected chi connectivity index (χ4v) is 2.25. The molecule has 2 aromatic rings. The van der Waals surface area contributed by atoms with Crippen molar-refractivity contribution in [1.82, 2.24) is 0 Å². The lowest BCUT2D eigenvalue weighted by molar-refractivity contribution is -0.137. The number of benzene rings is 2. The zero-order valence-electron chi connectivity index (χ0n) is 10.5. The first-order chi connectivity index (χ1) is 9.77. The van der Waals surface area contributed by atoms with Gasteiger partial charge >= 0.3 is 6.18 Å². The second kappa shape index (κ2) is 6.18. The van der Waals surface area contributed by atoms with Gasteiger partial charge in [-0.2, -0.15) is 13.2 Å². The number of nitrogens with one attached hydrogen (secondary N) is 1. The van der Waals surface area contributed by atoms with E-state index in [1.807, 2.05) is 24.3 Å². The molecule has 0 aliphatic heterocycles. The second-order valence-electron chi connectivity index (χ2n) is 4.25. The molecule has 2 rings (SSSR count). The molecular formula is C14H10F3IN2S. The summed E-state index contributed by atoms with van der Waals surface area (Å²) in [7, 11) is 0. The molecule has 0 spiro atoms. The van der Waals surface area contributed by atoms with Crippen LogP contribution in [0.15, 0.2) is 42.5 Å². The van der Waals surface area contributed by atoms with E-state index in [9.17, 15) is 13.2 Å². The van der Waals surface area contributed by atoms with Gasteiger partial charge in [0.2, 0.25) is 0 Å². The van der Waals surface area contributed by atoms with Crippen molar-refractivity contribution in [2.45, 2.75) is 6.18 Å². The lowest BCUT2D eigenvalue weighted by Gasteiger charge is -2.14. The Morgan fingerprint density at radius 1 is 1.10 bits per heavy atom. The van der Waals surface area contributed by atoms with Crippen molar-refractivity contribution in [2.75, 3.05) is 5.32 Å². The van der Waals surface area contributed by atoms with Gasteiger partial charge in [-0.05, 0) is 65.1 Å². The Kier molecular flexibility index (Phi) is 4.72. The van der Waals surface area contributed by atoms with Crippen LogP contribution < -0.4 is 11.1 Å². The number of hydrogen-bond acceptors (Lipinski definition) is 2. The fourth-order valence-electron chi connectivity index (χ4n) is 1.72. The number of anilines is 2. The van der Waals surface area contributed by atoms with Gasteiger partial charge in [0, 0.05) is 20.5 Å². The number of nitrogens with two attached hydrogens (primary N) is 1. The predicted octanol–water partition coefficient (Wildman–Crippen LogP) is 4.69. The summed E-state index contributed by atoms with van der Waals surface area (Å²) in [5, 5.41) is 3.02. The first-order valence-electron chi connectivity index (χ1n) is 5.81. The first kappa shape index (κ1) is 16.0. The standard InChI is InChI=1S/C14H10F3IN2S/c15-14(16,17)8-1-6-12(11(7-8)13(19)21)20-10-4-2-9(18)3-5-10/h1-7,20H,(H2,19,21). The number of rotatable bonds is 3. The molecule has 0 saturated heterocycles. The van der Waals surface area contributed by atoms with Crippen LogP contribution in [-0.2, 0) is 6.18 Å². The Balaban J connectivity index is 2.39. The minimum absolute atomic E-state index is 0.0888. The molecule has 0 radical (unpaired) electrons. The molecule has 21 heavy (non-hydrogen) atoms. The van der Waals surface area contributed by atoms with Gasteiger partial charge in [0.05, 0.1) is 5.56 Å². The zero-order valence-corrected chi connectivity index (χ0v) is 13.5. The minimum Gasteiger partial charge on any atom is -0.389 e. The number of alkyl halides is 3. The van der Waals surface area contributed by atoms with Gasteiger partial charge in [0.25, 0.3) is 0 Å². The summed E-state index contributed by atoms with van der Waals surface area (Å²) < 4.78 is 39.2. The van der Waals surface area contributed by atoms with E-state index in [1.54, 1.807) is 0 Å². The molecule has 0 saturated carbocycles. The van der Waals surface area contributed by atoms with Gasteiger partial charge in [-0.1, -0.05) is 12.2 Å². The van der Waals surface area contributed by atoms with E-state index < -0.39 is 11.7 Å². The number of hydrogen-bond donors (Lipinski definition) is 2. The zero-order chi connectivity index (χ0) is 15.6. The van der Waals surface area contributed by atoms with E-state index in [0.717, 1.165) is 21.4 Å². The van der Waals surface area contributed by atoms with Gasteiger partial charge in [-0.15, -0.1) is 0 Å². The average Bonchev–Trinajstić information content (AvgIpc) is 2.40. The lowest BCUT2D eigenvalue weighted by Crippen LogP contribution is -2.14. The summed E-state index contributed by atoms with van der Waals surface area (Å²) in [6.45, 7) is 0. The van der Waals surface area contributed by atoms with Crippen LogP contribution in [0, 0.1) is 3.57 Å². The smallest absolute Gasteiger partial charge is 0.389 e. The van der Waals surface area contributed by atoms with E-state index in [2.05, 4.69) is 27.9 Å². The van der Waals surface area contributed by atoms with Crippen LogP contribution >= 0.6 is 34.8 Å². The van der Waals surface area contributed by atoms with Crippen molar-refractivity contribution in [3.8, 4) is 0 Å². The molecular weight excluding hydrogens is 412 g/mol. The van der Waals surface area contributed by atoms with Crippen LogP contribution in [0.4, 0.5) is 24.5 Å². The monoisotopic (exact) mass is 422 g/mol. The summed E-state index contributed by atoms with van der Waals surface area (Å²) in [5.41, 5.74) is 6.10. The molecule has 110 valence electrons. The molecule has 7 heteroatoms. The Labute approximate surface area is 138 Å². The molecule has 0 unspecified atom stereocenters. The number of halogens is 4. The third-order valence-electron chi connectivity index (χ3n) is 2.74. The van der Waals surface area contributed by atoms with Crippen molar-refractivity contribution in [3.05, 3.63) is 57.2 Å². The highest BCUT2D eigenvalue weighted by molar-refractivity contribution is 14.1. The van der Waals surface area contributed by atoms with Crippen LogP contribution in [0.25, 0.3) is 0 Å². The van der Waals surface area contributed by atoms with Gasteiger partial charge in [0.1, 0.15) is 4.99 Å². The van der Waals surface area contributed by atoms with Crippen LogP contribution in [0.1, 0.15) is 11.1 Å². The molecule has 0 aliphatic rings. The molecule has 0 aliphatic carbocycles. The topological polar surface area (TPSA) is 38.0 Å². The van der Waals surface area contributed by atoms with Crippen LogP contribution in [-0.4, -0.2) is 4.99 Å². The van der Waals surface area contributed by atoms with Crippen molar-refractivity contribution in [3.63, 3.8) is 0 Å². The average molecular weight is 422 g/mol. The molecule has 2 nitrogen and oxygen atoms in total. The third-order valence-corrected chi connectivity index (χ3v) is 3.67. The Morgan fingerprint density at radius 3 is 2.24 bits per heavy atom. The highest BCUT2D eigenvalue weighted by atomic mass is 127. The third kappa shape index (κ3) is 4.07. The second-order valence-corrected chi connectivity index (χ2v) is 5.94. The summed E-state index contributed by atoms with van der Waals surface area (Å²) >= 11 is 7.00. The summed E-state index contributed by atoms with van der Waals surface area (Å²) in [5.74, 6) is 0. The summed E-state index contributed by atoms with van der Waals surface area (Å²) in [6.07, 6.45) is -4.43. The van der Waals surface area contributed by atoms with Crippen molar-refractivity contribution in [2.24, 2.45) is 5.73 Å². The van der Waals surface area contributed by atoms with Crippen molar-refractivity contribution in [1.29, 1.82) is 0 Å². The van der Waals surface area contributed by atoms with Crippen molar-refractivity contribution < 1.29 is 13.2 Å². The highest BCUT2D eigenvalue weighted by Crippen LogP contribution is 2.32. The van der Waals surface area contributed by atoms with E-state index >= 15 is 0 Å². The summed E-state index contributed by atoms with van der Waals surface area (Å²) in [4.78, 5) is -0.0888. The SMILES string of the molecule is NC(=S)c1cc(C(F)(F)F)ccc1Nc1ccc(I)cc1. The van der Waals surface area contributed by atoms with Crippen molar-refractivity contribution >= 4 is 51.2 Å². The fraction of sp³-hybridized carbons (Fsp3) is 0.0714. The Hall–Kier alpha value is -1.35. The Morgan fingerprint density at radius 2 is 1.71 bits per heavy atom.